The van der Waals surface area contributed by atoms with Gasteiger partial charge in [0.15, 0.2) is 3.95 Å². The summed E-state index contributed by atoms with van der Waals surface area (Å²) in [7, 11) is 0. The van der Waals surface area contributed by atoms with E-state index in [1.54, 1.807) is 0 Å². The fourth-order valence-electron chi connectivity index (χ4n) is 3.14. The topological polar surface area (TPSA) is 37.5 Å². The Morgan fingerprint density at radius 2 is 1.85 bits per heavy atom. The maximum atomic E-state index is 10.7. The molecule has 0 amide bonds. The molecular formula is C21H18N2OS2. The van der Waals surface area contributed by atoms with Crippen molar-refractivity contribution in [2.75, 3.05) is 0 Å². The summed E-state index contributed by atoms with van der Waals surface area (Å²) in [5.74, 6) is 0.237. The molecule has 3 nitrogen and oxygen atoms in total. The molecule has 2 aromatic carbocycles. The van der Waals surface area contributed by atoms with Crippen LogP contribution in [0.25, 0.3) is 11.6 Å². The van der Waals surface area contributed by atoms with Gasteiger partial charge in [0.05, 0.1) is 10.6 Å². The van der Waals surface area contributed by atoms with Crippen LogP contribution in [-0.4, -0.2) is 15.4 Å². The second kappa shape index (κ2) is 7.02. The smallest absolute Gasteiger partial charge is 0.210 e. The zero-order chi connectivity index (χ0) is 18.1. The van der Waals surface area contributed by atoms with Crippen molar-refractivity contribution in [1.82, 2.24) is 4.57 Å². The number of hydrogen-bond donors (Lipinski definition) is 1. The Kier molecular flexibility index (Phi) is 4.57. The van der Waals surface area contributed by atoms with Crippen molar-refractivity contribution in [2.24, 2.45) is 4.99 Å². The largest absolute Gasteiger partial charge is 0.493 e. The van der Waals surface area contributed by atoms with E-state index in [-0.39, 0.29) is 5.88 Å². The summed E-state index contributed by atoms with van der Waals surface area (Å²) in [4.78, 5) is 5.38. The van der Waals surface area contributed by atoms with Gasteiger partial charge in [-0.3, -0.25) is 9.56 Å². The van der Waals surface area contributed by atoms with Crippen LogP contribution in [0.4, 0.5) is 5.69 Å². The second-order valence-electron chi connectivity index (χ2n) is 6.22. The van der Waals surface area contributed by atoms with Crippen LogP contribution in [0.3, 0.4) is 0 Å². The number of allylic oxidation sites excluding steroid dienone is 1. The molecule has 0 aliphatic carbocycles. The van der Waals surface area contributed by atoms with Gasteiger partial charge in [0.25, 0.3) is 0 Å². The maximum absolute atomic E-state index is 10.7. The van der Waals surface area contributed by atoms with Gasteiger partial charge < -0.3 is 5.11 Å². The molecule has 26 heavy (non-hydrogen) atoms. The first kappa shape index (κ1) is 16.9. The lowest BCUT2D eigenvalue weighted by atomic mass is 10.0. The molecular weight excluding hydrogens is 360 g/mol. The van der Waals surface area contributed by atoms with E-state index in [1.807, 2.05) is 54.0 Å². The number of aromatic hydroxyl groups is 1. The van der Waals surface area contributed by atoms with Gasteiger partial charge in [-0.25, -0.2) is 0 Å². The lowest BCUT2D eigenvalue weighted by molar-refractivity contribution is 0.414. The van der Waals surface area contributed by atoms with Crippen molar-refractivity contribution < 1.29 is 5.11 Å². The third-order valence-electron chi connectivity index (χ3n) is 4.51. The Balaban J connectivity index is 1.65. The molecule has 0 saturated carbocycles. The standard InChI is InChI=1S/C21H18N2OS2/c1-14-17(16-9-5-6-10-18(16)22-14)13-19-20(24)23(21(25)26-19)12-11-15-7-3-2-4-8-15/h2-10,13,24H,11-12H2,1H3/b17-13+. The van der Waals surface area contributed by atoms with Gasteiger partial charge in [0.1, 0.15) is 0 Å². The summed E-state index contributed by atoms with van der Waals surface area (Å²) in [5.41, 5.74) is 5.30. The minimum absolute atomic E-state index is 0.237. The van der Waals surface area contributed by atoms with Crippen LogP contribution in [0.2, 0.25) is 0 Å². The van der Waals surface area contributed by atoms with Gasteiger partial charge in [-0.1, -0.05) is 48.5 Å². The molecule has 1 aliphatic rings. The maximum Gasteiger partial charge on any atom is 0.210 e. The van der Waals surface area contributed by atoms with Crippen molar-refractivity contribution in [3.8, 4) is 5.88 Å². The molecule has 0 unspecified atom stereocenters. The summed E-state index contributed by atoms with van der Waals surface area (Å²) in [6, 6.07) is 18.3. The van der Waals surface area contributed by atoms with E-state index >= 15 is 0 Å². The molecule has 5 heteroatoms. The highest BCUT2D eigenvalue weighted by atomic mass is 32.1. The average molecular weight is 379 g/mol. The van der Waals surface area contributed by atoms with Crippen LogP contribution in [-0.2, 0) is 13.0 Å². The number of para-hydroxylation sites is 1. The summed E-state index contributed by atoms with van der Waals surface area (Å²) in [5, 5.41) is 10.7. The molecule has 0 atom stereocenters. The minimum atomic E-state index is 0.237. The van der Waals surface area contributed by atoms with Crippen LogP contribution in [0.5, 0.6) is 5.88 Å². The zero-order valence-corrected chi connectivity index (χ0v) is 16.0. The van der Waals surface area contributed by atoms with Gasteiger partial charge in [-0.05, 0) is 43.3 Å². The van der Waals surface area contributed by atoms with E-state index in [4.69, 9.17) is 12.2 Å². The highest BCUT2D eigenvalue weighted by Gasteiger charge is 2.19. The molecule has 4 rings (SSSR count). The van der Waals surface area contributed by atoms with E-state index in [1.165, 1.54) is 16.9 Å². The molecule has 130 valence electrons. The van der Waals surface area contributed by atoms with Crippen LogP contribution in [0.1, 0.15) is 22.9 Å². The SMILES string of the molecule is CC1=Nc2ccccc2/C1=C/c1sc(=S)n(CCc2ccccc2)c1O. The molecule has 0 bridgehead atoms. The molecule has 0 saturated heterocycles. The highest BCUT2D eigenvalue weighted by molar-refractivity contribution is 7.73. The third-order valence-corrected chi connectivity index (χ3v) is 5.89. The summed E-state index contributed by atoms with van der Waals surface area (Å²) >= 11 is 6.92. The van der Waals surface area contributed by atoms with Crippen LogP contribution < -0.4 is 0 Å². The fourth-order valence-corrected chi connectivity index (χ4v) is 4.44. The summed E-state index contributed by atoms with van der Waals surface area (Å²) in [6.45, 7) is 2.66. The molecule has 0 spiro atoms. The molecule has 0 radical (unpaired) electrons. The van der Waals surface area contributed by atoms with Gasteiger partial charge in [0, 0.05) is 23.4 Å². The Morgan fingerprint density at radius 3 is 2.65 bits per heavy atom. The zero-order valence-electron chi connectivity index (χ0n) is 14.3. The first-order valence-electron chi connectivity index (χ1n) is 8.47. The summed E-state index contributed by atoms with van der Waals surface area (Å²) < 4.78 is 2.50. The highest BCUT2D eigenvalue weighted by Crippen LogP contribution is 2.38. The Morgan fingerprint density at radius 1 is 1.12 bits per heavy atom. The number of rotatable bonds is 4. The predicted octanol–water partition coefficient (Wildman–Crippen LogP) is 5.87. The molecule has 2 heterocycles. The Bertz CT molecular complexity index is 1070. The van der Waals surface area contributed by atoms with Crippen molar-refractivity contribution in [3.63, 3.8) is 0 Å². The first-order valence-corrected chi connectivity index (χ1v) is 9.69. The van der Waals surface area contributed by atoms with E-state index in [0.717, 1.165) is 33.8 Å². The van der Waals surface area contributed by atoms with Crippen molar-refractivity contribution >= 4 is 46.6 Å². The molecule has 3 aromatic rings. The molecule has 1 aromatic heterocycles. The monoisotopic (exact) mass is 378 g/mol. The summed E-state index contributed by atoms with van der Waals surface area (Å²) in [6.07, 6.45) is 2.83. The van der Waals surface area contributed by atoms with E-state index in [9.17, 15) is 5.11 Å². The molecule has 0 fully saturated rings. The van der Waals surface area contributed by atoms with Gasteiger partial charge in [-0.15, -0.1) is 11.3 Å². The Hall–Kier alpha value is -2.50. The number of hydrogen-bond acceptors (Lipinski definition) is 4. The number of aryl methyl sites for hydroxylation is 1. The average Bonchev–Trinajstić information content (AvgIpc) is 3.11. The quantitative estimate of drug-likeness (QED) is 0.576. The predicted molar refractivity (Wildman–Crippen MR) is 112 cm³/mol. The lowest BCUT2D eigenvalue weighted by Gasteiger charge is -2.05. The van der Waals surface area contributed by atoms with Gasteiger partial charge in [-0.2, -0.15) is 0 Å². The van der Waals surface area contributed by atoms with Crippen molar-refractivity contribution in [1.29, 1.82) is 0 Å². The van der Waals surface area contributed by atoms with Crippen molar-refractivity contribution in [3.05, 3.63) is 74.6 Å². The first-order chi connectivity index (χ1) is 12.6. The number of aromatic nitrogens is 1. The fraction of sp³-hybridized carbons (Fsp3) is 0.143. The third kappa shape index (κ3) is 3.16. The van der Waals surface area contributed by atoms with Gasteiger partial charge in [0.2, 0.25) is 5.88 Å². The van der Waals surface area contributed by atoms with E-state index < -0.39 is 0 Å². The number of nitrogens with zero attached hydrogens (tertiary/aromatic N) is 2. The number of benzene rings is 2. The van der Waals surface area contributed by atoms with Crippen LogP contribution >= 0.6 is 23.6 Å². The Labute approximate surface area is 161 Å². The minimum Gasteiger partial charge on any atom is -0.493 e. The van der Waals surface area contributed by atoms with Gasteiger partial charge >= 0.3 is 0 Å². The van der Waals surface area contributed by atoms with Crippen LogP contribution in [0.15, 0.2) is 59.6 Å². The van der Waals surface area contributed by atoms with Crippen molar-refractivity contribution in [2.45, 2.75) is 19.9 Å². The molecule has 1 N–H and O–H groups in total. The number of thiazole rings is 1. The number of fused-ring (bicyclic) bond motifs is 1. The van der Waals surface area contributed by atoms with E-state index in [0.29, 0.717) is 10.5 Å². The normalized spacial score (nSPS) is 14.5. The second-order valence-corrected chi connectivity index (χ2v) is 7.89. The van der Waals surface area contributed by atoms with E-state index in [2.05, 4.69) is 23.2 Å². The van der Waals surface area contributed by atoms with Crippen LogP contribution in [0, 0.1) is 3.95 Å². The molecule has 1 aliphatic heterocycles. The lowest BCUT2D eigenvalue weighted by Crippen LogP contribution is -2.00. The number of aliphatic imine (C=N–C) groups is 1.